The quantitative estimate of drug-likeness (QED) is 0.638. The second-order valence-corrected chi connectivity index (χ2v) is 5.05. The van der Waals surface area contributed by atoms with E-state index in [1.165, 1.54) is 6.07 Å². The van der Waals surface area contributed by atoms with E-state index in [4.69, 9.17) is 15.2 Å². The molecular formula is C15H15BrFNO2. The second kappa shape index (κ2) is 7.14. The Kier molecular flexibility index (Phi) is 5.24. The fourth-order valence-corrected chi connectivity index (χ4v) is 1.93. The first-order valence-corrected chi connectivity index (χ1v) is 7.00. The van der Waals surface area contributed by atoms with Crippen molar-refractivity contribution in [3.05, 3.63) is 52.8 Å². The summed E-state index contributed by atoms with van der Waals surface area (Å²) in [5.41, 5.74) is 6.29. The van der Waals surface area contributed by atoms with Crippen LogP contribution >= 0.6 is 15.9 Å². The number of hydrogen-bond acceptors (Lipinski definition) is 3. The lowest BCUT2D eigenvalue weighted by Crippen LogP contribution is -2.05. The summed E-state index contributed by atoms with van der Waals surface area (Å²) in [4.78, 5) is 0. The van der Waals surface area contributed by atoms with Crippen LogP contribution in [0.15, 0.2) is 46.9 Å². The summed E-state index contributed by atoms with van der Waals surface area (Å²) >= 11 is 3.12. The average molecular weight is 340 g/mol. The Morgan fingerprint density at radius 3 is 2.20 bits per heavy atom. The number of nitrogen functional groups attached to an aromatic ring is 1. The maximum atomic E-state index is 13.0. The third kappa shape index (κ3) is 4.42. The minimum absolute atomic E-state index is 0.302. The van der Waals surface area contributed by atoms with Crippen LogP contribution in [0, 0.1) is 5.82 Å². The van der Waals surface area contributed by atoms with Gasteiger partial charge in [-0.25, -0.2) is 4.39 Å². The highest BCUT2D eigenvalue weighted by Crippen LogP contribution is 2.21. The molecule has 2 aromatic rings. The number of rotatable bonds is 6. The van der Waals surface area contributed by atoms with Crippen molar-refractivity contribution in [1.82, 2.24) is 0 Å². The van der Waals surface area contributed by atoms with Crippen molar-refractivity contribution in [2.45, 2.75) is 6.42 Å². The highest BCUT2D eigenvalue weighted by atomic mass is 79.9. The van der Waals surface area contributed by atoms with Gasteiger partial charge >= 0.3 is 0 Å². The van der Waals surface area contributed by atoms with Gasteiger partial charge in [-0.1, -0.05) is 0 Å². The summed E-state index contributed by atoms with van der Waals surface area (Å²) < 4.78 is 24.5. The van der Waals surface area contributed by atoms with Crippen LogP contribution in [0.1, 0.15) is 6.42 Å². The third-order valence-electron chi connectivity index (χ3n) is 2.60. The molecule has 0 aliphatic carbocycles. The van der Waals surface area contributed by atoms with Crippen molar-refractivity contribution < 1.29 is 13.9 Å². The number of hydrogen-bond donors (Lipinski definition) is 1. The average Bonchev–Trinajstić information content (AvgIpc) is 2.44. The molecule has 20 heavy (non-hydrogen) atoms. The summed E-state index contributed by atoms with van der Waals surface area (Å²) in [5.74, 6) is 1.11. The minimum Gasteiger partial charge on any atom is -0.493 e. The van der Waals surface area contributed by atoms with Crippen LogP contribution in [0.3, 0.4) is 0 Å². The molecule has 0 aliphatic heterocycles. The zero-order chi connectivity index (χ0) is 14.4. The lowest BCUT2D eigenvalue weighted by Gasteiger charge is -2.08. The van der Waals surface area contributed by atoms with Gasteiger partial charge in [0.2, 0.25) is 0 Å². The Morgan fingerprint density at radius 2 is 1.55 bits per heavy atom. The highest BCUT2D eigenvalue weighted by molar-refractivity contribution is 9.10. The van der Waals surface area contributed by atoms with Crippen molar-refractivity contribution in [3.8, 4) is 11.5 Å². The summed E-state index contributed by atoms with van der Waals surface area (Å²) in [6.45, 7) is 1.05. The van der Waals surface area contributed by atoms with E-state index in [2.05, 4.69) is 15.9 Å². The van der Waals surface area contributed by atoms with Crippen LogP contribution in [-0.4, -0.2) is 13.2 Å². The number of halogens is 2. The fourth-order valence-electron chi connectivity index (χ4n) is 1.57. The molecule has 0 atom stereocenters. The molecular weight excluding hydrogens is 325 g/mol. The molecule has 0 saturated carbocycles. The fraction of sp³-hybridized carbons (Fsp3) is 0.200. The third-order valence-corrected chi connectivity index (χ3v) is 3.20. The minimum atomic E-state index is -0.302. The summed E-state index contributed by atoms with van der Waals surface area (Å²) in [7, 11) is 0. The molecule has 0 amide bonds. The van der Waals surface area contributed by atoms with Gasteiger partial charge in [0.1, 0.15) is 17.3 Å². The molecule has 0 saturated heterocycles. The molecule has 0 heterocycles. The largest absolute Gasteiger partial charge is 0.493 e. The second-order valence-electron chi connectivity index (χ2n) is 4.20. The van der Waals surface area contributed by atoms with E-state index in [1.54, 1.807) is 24.3 Å². The highest BCUT2D eigenvalue weighted by Gasteiger charge is 2.01. The molecule has 0 spiro atoms. The monoisotopic (exact) mass is 339 g/mol. The molecule has 2 aromatic carbocycles. The van der Waals surface area contributed by atoms with Gasteiger partial charge < -0.3 is 15.2 Å². The van der Waals surface area contributed by atoms with Gasteiger partial charge in [0.05, 0.1) is 17.7 Å². The number of anilines is 1. The molecule has 0 aromatic heterocycles. The Bertz CT molecular complexity index is 560. The maximum Gasteiger partial charge on any atom is 0.137 e. The zero-order valence-electron chi connectivity index (χ0n) is 10.8. The van der Waals surface area contributed by atoms with E-state index in [-0.39, 0.29) is 5.82 Å². The van der Waals surface area contributed by atoms with Crippen molar-refractivity contribution in [2.24, 2.45) is 0 Å². The van der Waals surface area contributed by atoms with E-state index in [0.29, 0.717) is 29.1 Å². The van der Waals surface area contributed by atoms with Gasteiger partial charge in [0.15, 0.2) is 0 Å². The maximum absolute atomic E-state index is 13.0. The van der Waals surface area contributed by atoms with E-state index < -0.39 is 0 Å². The van der Waals surface area contributed by atoms with Gasteiger partial charge in [-0.05, 0) is 58.4 Å². The first-order chi connectivity index (χ1) is 9.65. The normalized spacial score (nSPS) is 10.3. The molecule has 106 valence electrons. The van der Waals surface area contributed by atoms with Gasteiger partial charge in [-0.3, -0.25) is 0 Å². The first-order valence-electron chi connectivity index (χ1n) is 6.21. The van der Waals surface area contributed by atoms with E-state index in [9.17, 15) is 4.39 Å². The number of nitrogens with two attached hydrogens (primary N) is 1. The van der Waals surface area contributed by atoms with E-state index in [1.807, 2.05) is 12.1 Å². The molecule has 2 N–H and O–H groups in total. The van der Waals surface area contributed by atoms with Gasteiger partial charge in [0, 0.05) is 12.1 Å². The molecule has 0 bridgehead atoms. The van der Waals surface area contributed by atoms with Crippen molar-refractivity contribution in [1.29, 1.82) is 0 Å². The molecule has 3 nitrogen and oxygen atoms in total. The zero-order valence-corrected chi connectivity index (χ0v) is 12.4. The smallest absolute Gasteiger partial charge is 0.137 e. The predicted molar refractivity (Wildman–Crippen MR) is 80.6 cm³/mol. The molecule has 0 fully saturated rings. The SMILES string of the molecule is Nc1ccc(OCCCOc2ccc(F)c(Br)c2)cc1. The molecule has 0 aliphatic rings. The molecule has 2 rings (SSSR count). The van der Waals surface area contributed by atoms with Gasteiger partial charge in [-0.2, -0.15) is 0 Å². The van der Waals surface area contributed by atoms with Crippen LogP contribution < -0.4 is 15.2 Å². The van der Waals surface area contributed by atoms with Crippen LogP contribution in [0.2, 0.25) is 0 Å². The Labute approximate surface area is 125 Å². The lowest BCUT2D eigenvalue weighted by molar-refractivity contribution is 0.247. The number of ether oxygens (including phenoxy) is 2. The van der Waals surface area contributed by atoms with Gasteiger partial charge in [0.25, 0.3) is 0 Å². The van der Waals surface area contributed by atoms with Gasteiger partial charge in [-0.15, -0.1) is 0 Å². The van der Waals surface area contributed by atoms with E-state index in [0.717, 1.165) is 12.2 Å². The van der Waals surface area contributed by atoms with Crippen LogP contribution in [0.4, 0.5) is 10.1 Å². The lowest BCUT2D eigenvalue weighted by atomic mass is 10.3. The summed E-state index contributed by atoms with van der Waals surface area (Å²) in [5, 5.41) is 0. The topological polar surface area (TPSA) is 44.5 Å². The van der Waals surface area contributed by atoms with Crippen molar-refractivity contribution >= 4 is 21.6 Å². The molecule has 0 radical (unpaired) electrons. The standard InChI is InChI=1S/C15H15BrFNO2/c16-14-10-13(6-7-15(14)17)20-9-1-8-19-12-4-2-11(18)3-5-12/h2-7,10H,1,8-9,18H2. The summed E-state index contributed by atoms with van der Waals surface area (Å²) in [6, 6.07) is 11.8. The van der Waals surface area contributed by atoms with Crippen molar-refractivity contribution in [3.63, 3.8) is 0 Å². The molecule has 5 heteroatoms. The predicted octanol–water partition coefficient (Wildman–Crippen LogP) is 4.02. The van der Waals surface area contributed by atoms with Crippen LogP contribution in [-0.2, 0) is 0 Å². The van der Waals surface area contributed by atoms with E-state index >= 15 is 0 Å². The Balaban J connectivity index is 1.68. The van der Waals surface area contributed by atoms with Crippen LogP contribution in [0.5, 0.6) is 11.5 Å². The Morgan fingerprint density at radius 1 is 0.950 bits per heavy atom. The van der Waals surface area contributed by atoms with Crippen molar-refractivity contribution in [2.75, 3.05) is 18.9 Å². The summed E-state index contributed by atoms with van der Waals surface area (Å²) in [6.07, 6.45) is 0.735. The Hall–Kier alpha value is -1.75. The number of benzene rings is 2. The van der Waals surface area contributed by atoms with Crippen LogP contribution in [0.25, 0.3) is 0 Å². The first kappa shape index (κ1) is 14.7. The molecule has 0 unspecified atom stereocenters.